The van der Waals surface area contributed by atoms with Crippen LogP contribution in [-0.2, 0) is 18.8 Å². The van der Waals surface area contributed by atoms with E-state index in [0.29, 0.717) is 11.8 Å². The molecule has 0 aromatic carbocycles. The van der Waals surface area contributed by atoms with Gasteiger partial charge in [0.1, 0.15) is 0 Å². The van der Waals surface area contributed by atoms with Gasteiger partial charge in [0.15, 0.2) is 6.29 Å². The fourth-order valence-corrected chi connectivity index (χ4v) is 4.81. The van der Waals surface area contributed by atoms with Gasteiger partial charge in [-0.05, 0) is 76.9 Å². The van der Waals surface area contributed by atoms with Crippen molar-refractivity contribution in [2.75, 3.05) is 13.2 Å². The van der Waals surface area contributed by atoms with Gasteiger partial charge in [0.2, 0.25) is 0 Å². The molecule has 3 fully saturated rings. The molecule has 4 heterocycles. The minimum absolute atomic E-state index is 0.00910. The summed E-state index contributed by atoms with van der Waals surface area (Å²) in [5.74, 6) is 1.05. The van der Waals surface area contributed by atoms with Gasteiger partial charge in [-0.2, -0.15) is 5.10 Å². The van der Waals surface area contributed by atoms with E-state index in [1.54, 1.807) is 0 Å². The van der Waals surface area contributed by atoms with Crippen molar-refractivity contribution in [1.82, 2.24) is 9.61 Å². The van der Waals surface area contributed by atoms with Gasteiger partial charge >= 0.3 is 7.12 Å². The second kappa shape index (κ2) is 7.08. The van der Waals surface area contributed by atoms with Crippen LogP contribution in [0, 0.1) is 5.92 Å². The average Bonchev–Trinajstić information content (AvgIpc) is 3.40. The highest BCUT2D eigenvalue weighted by molar-refractivity contribution is 6.62. The van der Waals surface area contributed by atoms with E-state index in [1.807, 2.05) is 16.9 Å². The van der Waals surface area contributed by atoms with Crippen molar-refractivity contribution < 1.29 is 18.8 Å². The normalized spacial score (nSPS) is 29.7. The van der Waals surface area contributed by atoms with E-state index in [4.69, 9.17) is 18.8 Å². The molecule has 2 aromatic rings. The first kappa shape index (κ1) is 19.6. The standard InChI is InChI=1S/C22H31BN2O4/c1-21(2)22(3,4)29-23(28-21)17-9-10-25-19(13-17)18(14-24-25)15-5-7-16(8-6-15)20-26-11-12-27-20/h9-10,13-16,20H,5-8,11-12H2,1-4H3. The maximum Gasteiger partial charge on any atom is 0.494 e. The Balaban J connectivity index is 1.35. The summed E-state index contributed by atoms with van der Waals surface area (Å²) in [7, 11) is -0.347. The van der Waals surface area contributed by atoms with Crippen molar-refractivity contribution >= 4 is 18.1 Å². The third-order valence-electron chi connectivity index (χ3n) is 7.34. The zero-order valence-corrected chi connectivity index (χ0v) is 17.9. The Hall–Kier alpha value is -1.41. The number of nitrogens with zero attached hydrogens (tertiary/aromatic N) is 2. The molecule has 0 amide bonds. The topological polar surface area (TPSA) is 54.2 Å². The van der Waals surface area contributed by atoms with E-state index in [2.05, 4.69) is 44.9 Å². The lowest BCUT2D eigenvalue weighted by atomic mass is 9.77. The first-order valence-electron chi connectivity index (χ1n) is 10.9. The summed E-state index contributed by atoms with van der Waals surface area (Å²) in [4.78, 5) is 0. The van der Waals surface area contributed by atoms with E-state index in [1.165, 1.54) is 5.56 Å². The smallest absolute Gasteiger partial charge is 0.399 e. The highest BCUT2D eigenvalue weighted by Crippen LogP contribution is 2.40. The lowest BCUT2D eigenvalue weighted by Crippen LogP contribution is -2.41. The molecule has 6 nitrogen and oxygen atoms in total. The van der Waals surface area contributed by atoms with Crippen LogP contribution in [0.3, 0.4) is 0 Å². The Morgan fingerprint density at radius 3 is 2.31 bits per heavy atom. The fourth-order valence-electron chi connectivity index (χ4n) is 4.81. The summed E-state index contributed by atoms with van der Waals surface area (Å²) in [6.45, 7) is 9.83. The second-order valence-electron chi connectivity index (χ2n) is 9.70. The molecule has 0 radical (unpaired) electrons. The molecule has 2 aliphatic heterocycles. The molecule has 2 aromatic heterocycles. The molecule has 2 saturated heterocycles. The predicted molar refractivity (Wildman–Crippen MR) is 111 cm³/mol. The number of hydrogen-bond donors (Lipinski definition) is 0. The zero-order valence-electron chi connectivity index (χ0n) is 17.9. The number of hydrogen-bond acceptors (Lipinski definition) is 5. The van der Waals surface area contributed by atoms with Crippen LogP contribution in [0.4, 0.5) is 0 Å². The van der Waals surface area contributed by atoms with Crippen LogP contribution in [0.15, 0.2) is 24.5 Å². The third kappa shape index (κ3) is 3.42. The molecule has 1 aliphatic carbocycles. The van der Waals surface area contributed by atoms with Crippen LogP contribution >= 0.6 is 0 Å². The molecule has 3 aliphatic rings. The minimum Gasteiger partial charge on any atom is -0.399 e. The van der Waals surface area contributed by atoms with Crippen molar-refractivity contribution in [1.29, 1.82) is 0 Å². The first-order valence-corrected chi connectivity index (χ1v) is 10.9. The lowest BCUT2D eigenvalue weighted by molar-refractivity contribution is -0.0931. The van der Waals surface area contributed by atoms with Crippen LogP contribution in [0.2, 0.25) is 0 Å². The quantitative estimate of drug-likeness (QED) is 0.743. The molecule has 0 bridgehead atoms. The van der Waals surface area contributed by atoms with E-state index >= 15 is 0 Å². The van der Waals surface area contributed by atoms with Gasteiger partial charge in [0, 0.05) is 17.7 Å². The predicted octanol–water partition coefficient (Wildman–Crippen LogP) is 3.28. The molecule has 1 saturated carbocycles. The minimum atomic E-state index is -0.347. The highest BCUT2D eigenvalue weighted by Gasteiger charge is 2.51. The molecule has 29 heavy (non-hydrogen) atoms. The number of aromatic nitrogens is 2. The number of fused-ring (bicyclic) bond motifs is 1. The van der Waals surface area contributed by atoms with E-state index in [9.17, 15) is 0 Å². The molecule has 0 unspecified atom stereocenters. The number of rotatable bonds is 3. The highest BCUT2D eigenvalue weighted by atomic mass is 16.7. The van der Waals surface area contributed by atoms with E-state index in [0.717, 1.165) is 49.9 Å². The molecule has 7 heteroatoms. The number of pyridine rings is 1. The fraction of sp³-hybridized carbons (Fsp3) is 0.682. The Labute approximate surface area is 173 Å². The van der Waals surface area contributed by atoms with Crippen molar-refractivity contribution in [2.24, 2.45) is 5.92 Å². The van der Waals surface area contributed by atoms with Crippen LogP contribution in [0.1, 0.15) is 64.9 Å². The average molecular weight is 398 g/mol. The third-order valence-corrected chi connectivity index (χ3v) is 7.34. The Kier molecular flexibility index (Phi) is 4.78. The second-order valence-corrected chi connectivity index (χ2v) is 9.70. The van der Waals surface area contributed by atoms with E-state index in [-0.39, 0.29) is 24.6 Å². The summed E-state index contributed by atoms with van der Waals surface area (Å²) in [5, 5.41) is 4.60. The molecule has 0 spiro atoms. The molecule has 0 atom stereocenters. The SMILES string of the molecule is CC1(C)OB(c2ccn3ncc(C4CCC(C5OCCO5)CC4)c3c2)OC1(C)C. The molecular formula is C22H31BN2O4. The maximum absolute atomic E-state index is 6.25. The van der Waals surface area contributed by atoms with Crippen LogP contribution in [0.25, 0.3) is 5.52 Å². The van der Waals surface area contributed by atoms with Crippen LogP contribution < -0.4 is 5.46 Å². The number of ether oxygens (including phenoxy) is 2. The van der Waals surface area contributed by atoms with Crippen molar-refractivity contribution in [3.05, 3.63) is 30.1 Å². The Bertz CT molecular complexity index is 866. The van der Waals surface area contributed by atoms with Gasteiger partial charge in [-0.3, -0.25) is 0 Å². The van der Waals surface area contributed by atoms with E-state index < -0.39 is 0 Å². The summed E-state index contributed by atoms with van der Waals surface area (Å²) in [5.41, 5.74) is 2.87. The van der Waals surface area contributed by atoms with Gasteiger partial charge < -0.3 is 18.8 Å². The van der Waals surface area contributed by atoms with Crippen molar-refractivity contribution in [2.45, 2.75) is 76.8 Å². The maximum atomic E-state index is 6.25. The molecule has 156 valence electrons. The summed E-state index contributed by atoms with van der Waals surface area (Å²) in [6.07, 6.45) is 8.65. The summed E-state index contributed by atoms with van der Waals surface area (Å²) in [6, 6.07) is 4.25. The van der Waals surface area contributed by atoms with Crippen LogP contribution in [-0.4, -0.2) is 47.4 Å². The van der Waals surface area contributed by atoms with Gasteiger partial charge in [0.05, 0.1) is 36.1 Å². The molecule has 0 N–H and O–H groups in total. The monoisotopic (exact) mass is 398 g/mol. The summed E-state index contributed by atoms with van der Waals surface area (Å²) < 4.78 is 25.9. The van der Waals surface area contributed by atoms with Gasteiger partial charge in [-0.15, -0.1) is 0 Å². The Morgan fingerprint density at radius 1 is 1.00 bits per heavy atom. The van der Waals surface area contributed by atoms with Gasteiger partial charge in [-0.25, -0.2) is 4.52 Å². The summed E-state index contributed by atoms with van der Waals surface area (Å²) >= 11 is 0. The largest absolute Gasteiger partial charge is 0.494 e. The van der Waals surface area contributed by atoms with Crippen LogP contribution in [0.5, 0.6) is 0 Å². The van der Waals surface area contributed by atoms with Gasteiger partial charge in [-0.1, -0.05) is 0 Å². The Morgan fingerprint density at radius 2 is 1.66 bits per heavy atom. The van der Waals surface area contributed by atoms with Crippen molar-refractivity contribution in [3.63, 3.8) is 0 Å². The lowest BCUT2D eigenvalue weighted by Gasteiger charge is -2.32. The van der Waals surface area contributed by atoms with Crippen molar-refractivity contribution in [3.8, 4) is 0 Å². The van der Waals surface area contributed by atoms with Gasteiger partial charge in [0.25, 0.3) is 0 Å². The first-order chi connectivity index (χ1) is 13.8. The zero-order chi connectivity index (χ0) is 20.2. The molecule has 5 rings (SSSR count). The molecular weight excluding hydrogens is 367 g/mol.